The van der Waals surface area contributed by atoms with Gasteiger partial charge >= 0.3 is 11.9 Å². The summed E-state index contributed by atoms with van der Waals surface area (Å²) in [6, 6.07) is 4.17. The number of aromatic nitrogens is 3. The number of aliphatic carboxylic acids is 2. The Bertz CT molecular complexity index is 4010. The molecule has 12 amide bonds. The zero-order valence-corrected chi connectivity index (χ0v) is 60.2. The first-order valence-corrected chi connectivity index (χ1v) is 36.0. The van der Waals surface area contributed by atoms with Gasteiger partial charge in [-0.05, 0) is 98.7 Å². The third-order valence-corrected chi connectivity index (χ3v) is 18.8. The highest BCUT2D eigenvalue weighted by atomic mass is 32.1. The summed E-state index contributed by atoms with van der Waals surface area (Å²) in [6.07, 6.45) is 3.38. The van der Waals surface area contributed by atoms with Crippen molar-refractivity contribution in [2.24, 2.45) is 27.9 Å². The number of benzene rings is 3. The Hall–Kier alpha value is -10.8. The Labute approximate surface area is 620 Å². The number of nitrogens with zero attached hydrogens (tertiary/aromatic N) is 4. The number of rotatable bonds is 41. The Balaban J connectivity index is 1.15. The standard InChI is InChI=1S/C69H93N19O16S2/c1-37(89)78-52(34-105)65(101)80-47(21-22-56(90)91)61(97)85-51(30-42-33-74-36-77-42)64(100)83-49(28-38-19-20-39-11-2-3-12-40(39)27-38)62(98)79-46(16-8-24-75-69(72)73)60(96)84-50(29-41-32-76-44-14-5-4-13-43(41)44)63(99)86-53(35-106)67(103)88-26-10-18-55(88)68(104)87-25-9-17-54(87)66(102)81-45(15-6-7-23-70)59(95)82-48(58(71)94)31-57(92)93/h2-5,11-14,19-20,27,32-33,36,45-55,76,105-106H,6-10,15-18,21-26,28-31,34-35,70H2,1H3,(H2,71,94)(H,74,77)(H,78,89)(H,79,98)(H,80,101)(H,81,102)(H,82,95)(H,83,100)(H,84,96)(H,85,97)(H,86,99)(H,90,91)(H,92,93)(H4,72,73,75)/t45-,46-,47-,48-,49+,50-,51-,52+,53-,54-,55-/m0/s1. The number of thiol groups is 2. The van der Waals surface area contributed by atoms with E-state index in [0.29, 0.717) is 53.4 Å². The first-order valence-electron chi connectivity index (χ1n) is 34.7. The van der Waals surface area contributed by atoms with Gasteiger partial charge in [0.05, 0.1) is 12.7 Å². The molecule has 5 aromatic rings. The van der Waals surface area contributed by atoms with Crippen molar-refractivity contribution in [2.75, 3.05) is 37.7 Å². The highest BCUT2D eigenvalue weighted by molar-refractivity contribution is 7.80. The number of nitrogens with one attached hydrogen (secondary N) is 11. The van der Waals surface area contributed by atoms with Gasteiger partial charge in [-0.2, -0.15) is 25.3 Å². The van der Waals surface area contributed by atoms with Crippen LogP contribution in [-0.2, 0) is 86.4 Å². The maximum atomic E-state index is 15.3. The lowest BCUT2D eigenvalue weighted by atomic mass is 9.99. The molecule has 35 nitrogen and oxygen atoms in total. The van der Waals surface area contributed by atoms with Crippen LogP contribution in [0.15, 0.2) is 90.4 Å². The van der Waals surface area contributed by atoms with E-state index in [2.05, 4.69) is 93.1 Å². The van der Waals surface area contributed by atoms with E-state index in [-0.39, 0.29) is 95.0 Å². The van der Waals surface area contributed by atoms with Gasteiger partial charge in [-0.25, -0.2) is 4.98 Å². The molecule has 3 aromatic carbocycles. The first-order chi connectivity index (χ1) is 50.7. The lowest BCUT2D eigenvalue weighted by molar-refractivity contribution is -0.148. The fourth-order valence-electron chi connectivity index (χ4n) is 12.6. The smallest absolute Gasteiger partial charge is 0.305 e. The summed E-state index contributed by atoms with van der Waals surface area (Å²) in [6.45, 7) is 1.51. The lowest BCUT2D eigenvalue weighted by Gasteiger charge is -2.33. The van der Waals surface area contributed by atoms with Gasteiger partial charge in [-0.15, -0.1) is 0 Å². The van der Waals surface area contributed by atoms with E-state index in [9.17, 15) is 63.0 Å². The predicted molar refractivity (Wildman–Crippen MR) is 393 cm³/mol. The number of likely N-dealkylation sites (tertiary alicyclic amines) is 2. The van der Waals surface area contributed by atoms with E-state index in [1.807, 2.05) is 18.2 Å². The van der Waals surface area contributed by atoms with Crippen LogP contribution in [0.4, 0.5) is 0 Å². The van der Waals surface area contributed by atoms with Crippen molar-refractivity contribution >= 4 is 136 Å². The molecule has 4 heterocycles. The number of nitrogens with two attached hydrogens (primary N) is 4. The molecule has 0 saturated carbocycles. The Morgan fingerprint density at radius 1 is 0.575 bits per heavy atom. The minimum Gasteiger partial charge on any atom is -0.481 e. The second-order valence-electron chi connectivity index (χ2n) is 25.9. The van der Waals surface area contributed by atoms with Crippen LogP contribution in [0.1, 0.15) is 101 Å². The van der Waals surface area contributed by atoms with Gasteiger partial charge in [0, 0.05) is 92.7 Å². The summed E-state index contributed by atoms with van der Waals surface area (Å²) in [7, 11) is 0. The van der Waals surface area contributed by atoms with Crippen LogP contribution in [0, 0.1) is 0 Å². The number of hydrogen-bond donors (Lipinski definition) is 19. The second-order valence-corrected chi connectivity index (χ2v) is 26.6. The number of unbranched alkanes of at least 4 members (excludes halogenated alkanes) is 1. The molecule has 0 bridgehead atoms. The van der Waals surface area contributed by atoms with Gasteiger partial charge in [-0.1, -0.05) is 60.7 Å². The number of guanidine groups is 1. The molecule has 37 heteroatoms. The van der Waals surface area contributed by atoms with Crippen molar-refractivity contribution in [2.45, 2.75) is 170 Å². The van der Waals surface area contributed by atoms with Crippen LogP contribution in [0.5, 0.6) is 0 Å². The topological polar surface area (TPSA) is 555 Å². The molecular formula is C69H93N19O16S2. The molecule has 11 atom stereocenters. The van der Waals surface area contributed by atoms with Crippen LogP contribution in [-0.4, -0.2) is 228 Å². The monoisotopic (exact) mass is 1510 g/mol. The van der Waals surface area contributed by atoms with E-state index in [4.69, 9.17) is 22.9 Å². The van der Waals surface area contributed by atoms with Crippen molar-refractivity contribution in [3.05, 3.63) is 102 Å². The maximum absolute atomic E-state index is 15.3. The average molecular weight is 1510 g/mol. The quantitative estimate of drug-likeness (QED) is 0.00820. The van der Waals surface area contributed by atoms with E-state index >= 15 is 14.4 Å². The van der Waals surface area contributed by atoms with Crippen LogP contribution in [0.2, 0.25) is 0 Å². The predicted octanol–water partition coefficient (Wildman–Crippen LogP) is -2.70. The van der Waals surface area contributed by atoms with Crippen LogP contribution in [0.25, 0.3) is 21.7 Å². The van der Waals surface area contributed by atoms with E-state index in [0.717, 1.165) is 17.7 Å². The van der Waals surface area contributed by atoms with E-state index in [1.165, 1.54) is 22.3 Å². The molecule has 2 aliphatic rings. The minimum atomic E-state index is -1.59. The maximum Gasteiger partial charge on any atom is 0.305 e. The summed E-state index contributed by atoms with van der Waals surface area (Å²) in [4.78, 5) is 210. The minimum absolute atomic E-state index is 0.0349. The van der Waals surface area contributed by atoms with Gasteiger partial charge in [0.15, 0.2) is 5.96 Å². The molecule has 106 heavy (non-hydrogen) atoms. The number of fused-ring (bicyclic) bond motifs is 2. The zero-order valence-electron chi connectivity index (χ0n) is 58.4. The molecular weight excluding hydrogens is 1420 g/mol. The number of imidazole rings is 1. The summed E-state index contributed by atoms with van der Waals surface area (Å²) in [5.74, 6) is -13.8. The highest BCUT2D eigenvalue weighted by Gasteiger charge is 2.45. The Morgan fingerprint density at radius 2 is 1.12 bits per heavy atom. The molecule has 0 unspecified atom stereocenters. The highest BCUT2D eigenvalue weighted by Crippen LogP contribution is 2.27. The average Bonchev–Trinajstić information content (AvgIpc) is 1.62. The number of aromatic amines is 2. The number of H-pyrrole nitrogens is 2. The van der Waals surface area contributed by atoms with Gasteiger partial charge in [0.2, 0.25) is 70.9 Å². The fraction of sp³-hybridized carbons (Fsp3) is 0.478. The number of amides is 12. The number of carbonyl (C=O) groups excluding carboxylic acids is 12. The van der Waals surface area contributed by atoms with Gasteiger partial charge in [-0.3, -0.25) is 72.1 Å². The summed E-state index contributed by atoms with van der Waals surface area (Å²) in [5, 5.41) is 44.7. The number of carboxylic acid groups (broad SMARTS) is 2. The Kier molecular flexibility index (Phi) is 31.5. The first kappa shape index (κ1) is 82.5. The number of carboxylic acids is 2. The molecule has 2 saturated heterocycles. The number of carbonyl (C=O) groups is 14. The molecule has 7 rings (SSSR count). The van der Waals surface area contributed by atoms with Gasteiger partial charge in [0.1, 0.15) is 66.5 Å². The SMILES string of the molecule is CC(=O)N[C@H](CS)C(=O)N[C@@H](CCC(=O)O)C(=O)N[C@@H](Cc1cnc[nH]1)C(=O)N[C@H](Cc1ccc2ccccc2c1)C(=O)N[C@@H](CCCN=C(N)N)C(=O)N[C@@H](Cc1c[nH]c2ccccc12)C(=O)N[C@@H](CS)C(=O)N1CCC[C@H]1C(=O)N1CCC[C@H]1C(=O)N[C@@H](CCCCN)C(=O)N[C@@H](CC(=O)O)C(N)=O. The summed E-state index contributed by atoms with van der Waals surface area (Å²) < 4.78 is 0. The molecule has 572 valence electrons. The Morgan fingerprint density at radius 3 is 1.73 bits per heavy atom. The van der Waals surface area contributed by atoms with E-state index in [1.54, 1.807) is 54.7 Å². The largest absolute Gasteiger partial charge is 0.481 e. The number of aliphatic imine (C=N–C) groups is 1. The fourth-order valence-corrected chi connectivity index (χ4v) is 13.1. The van der Waals surface area contributed by atoms with Gasteiger partial charge in [0.25, 0.3) is 0 Å². The normalized spacial score (nSPS) is 16.6. The number of primary amides is 1. The number of hydrogen-bond acceptors (Lipinski definition) is 19. The van der Waals surface area contributed by atoms with Crippen LogP contribution < -0.4 is 70.8 Å². The summed E-state index contributed by atoms with van der Waals surface area (Å²) >= 11 is 8.63. The van der Waals surface area contributed by atoms with Crippen molar-refractivity contribution in [3.8, 4) is 0 Å². The molecule has 0 aliphatic carbocycles. The van der Waals surface area contributed by atoms with Crippen molar-refractivity contribution in [1.29, 1.82) is 0 Å². The van der Waals surface area contributed by atoms with Crippen LogP contribution >= 0.6 is 25.3 Å². The zero-order chi connectivity index (χ0) is 77.1. The van der Waals surface area contributed by atoms with Crippen molar-refractivity contribution in [1.82, 2.24) is 72.6 Å². The molecule has 21 N–H and O–H groups in total. The van der Waals surface area contributed by atoms with Crippen LogP contribution in [0.3, 0.4) is 0 Å². The molecule has 0 radical (unpaired) electrons. The molecule has 0 spiro atoms. The molecule has 2 fully saturated rings. The second kappa shape index (κ2) is 40.5. The third kappa shape index (κ3) is 24.1. The molecule has 2 aromatic heterocycles. The summed E-state index contributed by atoms with van der Waals surface area (Å²) in [5.41, 5.74) is 24.5. The number of para-hydroxylation sites is 1. The third-order valence-electron chi connectivity index (χ3n) is 18.0. The van der Waals surface area contributed by atoms with Gasteiger partial charge < -0.3 is 101 Å². The van der Waals surface area contributed by atoms with Crippen molar-refractivity contribution in [3.63, 3.8) is 0 Å². The van der Waals surface area contributed by atoms with E-state index < -0.39 is 169 Å². The van der Waals surface area contributed by atoms with Crippen molar-refractivity contribution < 1.29 is 77.3 Å². The molecule has 2 aliphatic heterocycles. The lowest BCUT2D eigenvalue weighted by Crippen LogP contribution is -2.61.